The highest BCUT2D eigenvalue weighted by Crippen LogP contribution is 2.24. The number of furan rings is 1. The Morgan fingerprint density at radius 1 is 1.22 bits per heavy atom. The number of amides is 1. The van der Waals surface area contributed by atoms with E-state index >= 15 is 0 Å². The number of thiophene rings is 1. The fraction of sp³-hybridized carbons (Fsp3) is 0.286. The van der Waals surface area contributed by atoms with Crippen molar-refractivity contribution in [3.63, 3.8) is 0 Å². The van der Waals surface area contributed by atoms with Crippen molar-refractivity contribution < 1.29 is 13.9 Å². The van der Waals surface area contributed by atoms with E-state index < -0.39 is 6.10 Å². The Morgan fingerprint density at radius 2 is 2.04 bits per heavy atom. The maximum atomic E-state index is 13.1. The van der Waals surface area contributed by atoms with Crippen molar-refractivity contribution in [3.8, 4) is 5.75 Å². The number of benzene rings is 1. The molecule has 0 aliphatic rings. The molecule has 0 unspecified atom stereocenters. The highest BCUT2D eigenvalue weighted by Gasteiger charge is 2.24. The minimum absolute atomic E-state index is 0.0909. The molecule has 142 valence electrons. The lowest BCUT2D eigenvalue weighted by Gasteiger charge is -2.25. The van der Waals surface area contributed by atoms with Crippen LogP contribution in [0.2, 0.25) is 5.02 Å². The van der Waals surface area contributed by atoms with E-state index in [1.807, 2.05) is 30.5 Å². The number of carbonyl (C=O) groups excluding carboxylic acids is 1. The Bertz CT molecular complexity index is 904. The van der Waals surface area contributed by atoms with Gasteiger partial charge in [0, 0.05) is 9.90 Å². The fourth-order valence-electron chi connectivity index (χ4n) is 2.74. The first-order valence-corrected chi connectivity index (χ1v) is 9.96. The molecular formula is C21H22ClNO3S. The first-order valence-electron chi connectivity index (χ1n) is 8.71. The zero-order valence-corrected chi connectivity index (χ0v) is 17.1. The Kier molecular flexibility index (Phi) is 6.24. The summed E-state index contributed by atoms with van der Waals surface area (Å²) in [5.74, 6) is 1.28. The van der Waals surface area contributed by atoms with Gasteiger partial charge in [-0.1, -0.05) is 11.6 Å². The highest BCUT2D eigenvalue weighted by molar-refractivity contribution is 7.10. The van der Waals surface area contributed by atoms with Crippen LogP contribution in [0.5, 0.6) is 5.75 Å². The summed E-state index contributed by atoms with van der Waals surface area (Å²) in [6.45, 7) is 6.65. The van der Waals surface area contributed by atoms with E-state index in [1.54, 1.807) is 41.6 Å². The minimum atomic E-state index is -0.624. The quantitative estimate of drug-likeness (QED) is 0.515. The van der Waals surface area contributed by atoms with Crippen molar-refractivity contribution >= 4 is 28.8 Å². The van der Waals surface area contributed by atoms with Gasteiger partial charge in [-0.2, -0.15) is 0 Å². The van der Waals surface area contributed by atoms with Crippen LogP contribution in [-0.2, 0) is 17.9 Å². The second-order valence-electron chi connectivity index (χ2n) is 6.47. The van der Waals surface area contributed by atoms with E-state index in [-0.39, 0.29) is 5.91 Å². The third kappa shape index (κ3) is 4.93. The van der Waals surface area contributed by atoms with Gasteiger partial charge < -0.3 is 14.1 Å². The molecule has 0 bridgehead atoms. The molecule has 0 fully saturated rings. The molecule has 0 radical (unpaired) electrons. The molecular weight excluding hydrogens is 382 g/mol. The van der Waals surface area contributed by atoms with Crippen LogP contribution in [0.4, 0.5) is 0 Å². The lowest BCUT2D eigenvalue weighted by Crippen LogP contribution is -2.39. The number of halogens is 1. The van der Waals surface area contributed by atoms with E-state index in [9.17, 15) is 4.79 Å². The van der Waals surface area contributed by atoms with Crippen LogP contribution in [0.1, 0.15) is 28.7 Å². The molecule has 3 rings (SSSR count). The largest absolute Gasteiger partial charge is 0.481 e. The number of carbonyl (C=O) groups is 1. The number of hydrogen-bond acceptors (Lipinski definition) is 4. The molecule has 2 aromatic heterocycles. The van der Waals surface area contributed by atoms with Crippen molar-refractivity contribution in [2.75, 3.05) is 0 Å². The lowest BCUT2D eigenvalue weighted by molar-refractivity contribution is -0.139. The molecule has 3 aromatic rings. The first-order chi connectivity index (χ1) is 12.9. The fourth-order valence-corrected chi connectivity index (χ4v) is 3.78. The Balaban J connectivity index is 1.76. The predicted molar refractivity (Wildman–Crippen MR) is 108 cm³/mol. The molecule has 0 aliphatic carbocycles. The summed E-state index contributed by atoms with van der Waals surface area (Å²) in [4.78, 5) is 16.0. The Morgan fingerprint density at radius 3 is 2.67 bits per heavy atom. The summed E-state index contributed by atoms with van der Waals surface area (Å²) in [6.07, 6.45) is 0.992. The normalized spacial score (nSPS) is 12.0. The standard InChI is InChI=1S/C21H22ClNO3S/c1-14-8-10-27-20(14)13-23(12-18-5-4-9-25-18)21(24)16(3)26-17-6-7-19(22)15(2)11-17/h4-11,16H,12-13H2,1-3H3/t16-/m1/s1. The van der Waals surface area contributed by atoms with Crippen LogP contribution in [0, 0.1) is 13.8 Å². The van der Waals surface area contributed by atoms with Crippen LogP contribution >= 0.6 is 22.9 Å². The monoisotopic (exact) mass is 403 g/mol. The van der Waals surface area contributed by atoms with Crippen molar-refractivity contribution in [2.24, 2.45) is 0 Å². The highest BCUT2D eigenvalue weighted by atomic mass is 35.5. The molecule has 0 aliphatic heterocycles. The summed E-state index contributed by atoms with van der Waals surface area (Å²) in [6, 6.07) is 11.2. The van der Waals surface area contributed by atoms with E-state index in [0.29, 0.717) is 23.9 Å². The van der Waals surface area contributed by atoms with Crippen LogP contribution in [0.15, 0.2) is 52.5 Å². The van der Waals surface area contributed by atoms with Crippen molar-refractivity contribution in [2.45, 2.75) is 40.0 Å². The van der Waals surface area contributed by atoms with Gasteiger partial charge in [0.2, 0.25) is 0 Å². The number of hydrogen-bond donors (Lipinski definition) is 0. The van der Waals surface area contributed by atoms with Gasteiger partial charge in [0.15, 0.2) is 6.10 Å². The second-order valence-corrected chi connectivity index (χ2v) is 7.88. The summed E-state index contributed by atoms with van der Waals surface area (Å²) < 4.78 is 11.3. The van der Waals surface area contributed by atoms with E-state index in [0.717, 1.165) is 16.2 Å². The van der Waals surface area contributed by atoms with Gasteiger partial charge in [-0.3, -0.25) is 4.79 Å². The number of ether oxygens (including phenoxy) is 1. The topological polar surface area (TPSA) is 42.7 Å². The van der Waals surface area contributed by atoms with Crippen molar-refractivity contribution in [1.29, 1.82) is 0 Å². The van der Waals surface area contributed by atoms with Gasteiger partial charge in [-0.25, -0.2) is 0 Å². The third-order valence-electron chi connectivity index (χ3n) is 4.33. The van der Waals surface area contributed by atoms with Crippen LogP contribution in [0.25, 0.3) is 0 Å². The second kappa shape index (κ2) is 8.63. The zero-order chi connectivity index (χ0) is 19.4. The smallest absolute Gasteiger partial charge is 0.264 e. The summed E-state index contributed by atoms with van der Waals surface area (Å²) >= 11 is 7.71. The van der Waals surface area contributed by atoms with Crippen molar-refractivity contribution in [3.05, 3.63) is 74.8 Å². The van der Waals surface area contributed by atoms with E-state index in [1.165, 1.54) is 5.56 Å². The van der Waals surface area contributed by atoms with Crippen LogP contribution in [-0.4, -0.2) is 16.9 Å². The molecule has 0 N–H and O–H groups in total. The Labute approximate surface area is 168 Å². The number of nitrogens with zero attached hydrogens (tertiary/aromatic N) is 1. The van der Waals surface area contributed by atoms with Gasteiger partial charge in [0.05, 0.1) is 19.4 Å². The summed E-state index contributed by atoms with van der Waals surface area (Å²) in [5.41, 5.74) is 2.09. The van der Waals surface area contributed by atoms with Gasteiger partial charge in [0.25, 0.3) is 5.91 Å². The van der Waals surface area contributed by atoms with Gasteiger partial charge >= 0.3 is 0 Å². The minimum Gasteiger partial charge on any atom is -0.481 e. The van der Waals surface area contributed by atoms with Gasteiger partial charge in [-0.15, -0.1) is 11.3 Å². The average Bonchev–Trinajstić information content (AvgIpc) is 3.29. The number of aryl methyl sites for hydroxylation is 2. The zero-order valence-electron chi connectivity index (χ0n) is 15.6. The van der Waals surface area contributed by atoms with Crippen molar-refractivity contribution in [1.82, 2.24) is 4.90 Å². The van der Waals surface area contributed by atoms with Gasteiger partial charge in [0.1, 0.15) is 11.5 Å². The number of rotatable bonds is 7. The van der Waals surface area contributed by atoms with E-state index in [2.05, 4.69) is 13.0 Å². The molecule has 1 aromatic carbocycles. The third-order valence-corrected chi connectivity index (χ3v) is 5.76. The molecule has 2 heterocycles. The molecule has 1 amide bonds. The molecule has 4 nitrogen and oxygen atoms in total. The molecule has 27 heavy (non-hydrogen) atoms. The summed E-state index contributed by atoms with van der Waals surface area (Å²) in [7, 11) is 0. The van der Waals surface area contributed by atoms with Gasteiger partial charge in [-0.05, 0) is 73.7 Å². The molecule has 1 atom stereocenters. The van der Waals surface area contributed by atoms with Crippen LogP contribution in [0.3, 0.4) is 0 Å². The van der Waals surface area contributed by atoms with Crippen LogP contribution < -0.4 is 4.74 Å². The maximum absolute atomic E-state index is 13.1. The SMILES string of the molecule is Cc1cc(O[C@H](C)C(=O)N(Cc2ccco2)Cc2sccc2C)ccc1Cl. The lowest BCUT2D eigenvalue weighted by atomic mass is 10.2. The summed E-state index contributed by atoms with van der Waals surface area (Å²) in [5, 5.41) is 2.71. The Hall–Kier alpha value is -2.24. The molecule has 0 saturated heterocycles. The molecule has 0 saturated carbocycles. The average molecular weight is 404 g/mol. The van der Waals surface area contributed by atoms with E-state index in [4.69, 9.17) is 20.8 Å². The predicted octanol–water partition coefficient (Wildman–Crippen LogP) is 5.61. The molecule has 0 spiro atoms. The first kappa shape index (κ1) is 19.5. The maximum Gasteiger partial charge on any atom is 0.264 e. The molecule has 6 heteroatoms.